The molecule has 5 heteroatoms. The van der Waals surface area contributed by atoms with Gasteiger partial charge in [-0.3, -0.25) is 4.98 Å². The van der Waals surface area contributed by atoms with E-state index in [9.17, 15) is 8.42 Å². The Morgan fingerprint density at radius 2 is 1.89 bits per heavy atom. The molecule has 2 heterocycles. The zero-order chi connectivity index (χ0) is 19.6. The maximum Gasteiger partial charge on any atom is 0.242 e. The summed E-state index contributed by atoms with van der Waals surface area (Å²) >= 11 is 0. The van der Waals surface area contributed by atoms with Gasteiger partial charge < -0.3 is 0 Å². The Balaban J connectivity index is 1.72. The highest BCUT2D eigenvalue weighted by Crippen LogP contribution is 2.31. The van der Waals surface area contributed by atoms with Crippen molar-refractivity contribution in [2.75, 3.05) is 13.1 Å². The Hall–Kier alpha value is -2.24. The molecule has 1 aromatic heterocycles. The highest BCUT2D eigenvalue weighted by Gasteiger charge is 2.30. The maximum absolute atomic E-state index is 12.4. The van der Waals surface area contributed by atoms with Gasteiger partial charge in [-0.1, -0.05) is 37.4 Å². The standard InChI is InChI=1S/C22H26N2O2S/c1-5-17(3)27(25,26)24-13-11-19(12-14-24)22-10-9-20(15-23-22)21-8-6-7-16(2)18(21)4/h5-10,15,19H,1,3,11-14H2,2,4H3. The van der Waals surface area contributed by atoms with E-state index in [0.29, 0.717) is 13.1 Å². The van der Waals surface area contributed by atoms with Crippen LogP contribution in [-0.4, -0.2) is 30.8 Å². The van der Waals surface area contributed by atoms with Crippen LogP contribution in [0.2, 0.25) is 0 Å². The van der Waals surface area contributed by atoms with Gasteiger partial charge in [0.1, 0.15) is 0 Å². The highest BCUT2D eigenvalue weighted by atomic mass is 32.2. The smallest absolute Gasteiger partial charge is 0.242 e. The number of aryl methyl sites for hydroxylation is 1. The number of rotatable bonds is 5. The first-order valence-corrected chi connectivity index (χ1v) is 10.6. The number of hydrogen-bond acceptors (Lipinski definition) is 3. The van der Waals surface area contributed by atoms with E-state index in [4.69, 9.17) is 0 Å². The van der Waals surface area contributed by atoms with E-state index in [1.807, 2.05) is 6.20 Å². The molecule has 1 aliphatic rings. The van der Waals surface area contributed by atoms with Crippen LogP contribution in [0.1, 0.15) is 35.6 Å². The number of pyridine rings is 1. The minimum absolute atomic E-state index is 0.0666. The summed E-state index contributed by atoms with van der Waals surface area (Å²) in [4.78, 5) is 4.75. The fourth-order valence-corrected chi connectivity index (χ4v) is 4.77. The average molecular weight is 383 g/mol. The van der Waals surface area contributed by atoms with Crippen LogP contribution in [0.5, 0.6) is 0 Å². The molecule has 1 aromatic carbocycles. The number of piperidine rings is 1. The molecule has 0 bridgehead atoms. The van der Waals surface area contributed by atoms with Gasteiger partial charge in [0.05, 0.1) is 4.91 Å². The molecule has 2 aromatic rings. The molecular weight excluding hydrogens is 356 g/mol. The van der Waals surface area contributed by atoms with E-state index < -0.39 is 10.0 Å². The van der Waals surface area contributed by atoms with Crippen LogP contribution in [0.15, 0.2) is 60.7 Å². The molecule has 0 amide bonds. The largest absolute Gasteiger partial charge is 0.260 e. The number of sulfonamides is 1. The monoisotopic (exact) mass is 382 g/mol. The molecule has 27 heavy (non-hydrogen) atoms. The molecule has 142 valence electrons. The van der Waals surface area contributed by atoms with Gasteiger partial charge in [-0.2, -0.15) is 4.31 Å². The van der Waals surface area contributed by atoms with E-state index in [1.54, 1.807) is 0 Å². The molecule has 4 nitrogen and oxygen atoms in total. The van der Waals surface area contributed by atoms with Crippen molar-refractivity contribution in [3.8, 4) is 11.1 Å². The summed E-state index contributed by atoms with van der Waals surface area (Å²) < 4.78 is 26.2. The molecule has 1 fully saturated rings. The fraction of sp³-hybridized carbons (Fsp3) is 0.318. The Labute approximate surface area is 162 Å². The summed E-state index contributed by atoms with van der Waals surface area (Å²) in [6.45, 7) is 12.3. The lowest BCUT2D eigenvalue weighted by Gasteiger charge is -2.31. The van der Waals surface area contributed by atoms with Crippen LogP contribution < -0.4 is 0 Å². The van der Waals surface area contributed by atoms with Gasteiger partial charge in [-0.25, -0.2) is 8.42 Å². The predicted octanol–water partition coefficient (Wildman–Crippen LogP) is 4.57. The SMILES string of the molecule is C=CC(=C)S(=O)(=O)N1CCC(c2ccc(-c3cccc(C)c3C)cn2)CC1. The summed E-state index contributed by atoms with van der Waals surface area (Å²) in [6.07, 6.45) is 4.76. The Bertz CT molecular complexity index is 954. The Morgan fingerprint density at radius 1 is 1.19 bits per heavy atom. The van der Waals surface area contributed by atoms with Crippen molar-refractivity contribution in [3.63, 3.8) is 0 Å². The minimum atomic E-state index is -3.47. The number of nitrogens with zero attached hydrogens (tertiary/aromatic N) is 2. The van der Waals surface area contributed by atoms with Gasteiger partial charge in [-0.05, 0) is 55.5 Å². The van der Waals surface area contributed by atoms with Crippen LogP contribution >= 0.6 is 0 Å². The lowest BCUT2D eigenvalue weighted by molar-refractivity contribution is 0.319. The normalized spacial score (nSPS) is 16.2. The zero-order valence-electron chi connectivity index (χ0n) is 16.0. The van der Waals surface area contributed by atoms with Crippen LogP contribution in [0.25, 0.3) is 11.1 Å². The highest BCUT2D eigenvalue weighted by molar-refractivity contribution is 7.93. The first-order valence-electron chi connectivity index (χ1n) is 9.18. The van der Waals surface area contributed by atoms with Crippen molar-refractivity contribution < 1.29 is 8.42 Å². The predicted molar refractivity (Wildman–Crippen MR) is 111 cm³/mol. The topological polar surface area (TPSA) is 50.3 Å². The summed E-state index contributed by atoms with van der Waals surface area (Å²) in [5, 5.41) is 0. The second kappa shape index (κ2) is 7.79. The molecule has 3 rings (SSSR count). The van der Waals surface area contributed by atoms with Gasteiger partial charge in [-0.15, -0.1) is 0 Å². The molecule has 1 saturated heterocycles. The number of benzene rings is 1. The molecule has 0 aliphatic carbocycles. The van der Waals surface area contributed by atoms with Gasteiger partial charge >= 0.3 is 0 Å². The third kappa shape index (κ3) is 3.89. The molecular formula is C22H26N2O2S. The van der Waals surface area contributed by atoms with Crippen molar-refractivity contribution in [2.45, 2.75) is 32.6 Å². The number of aromatic nitrogens is 1. The molecule has 0 radical (unpaired) electrons. The molecule has 0 spiro atoms. The first-order chi connectivity index (χ1) is 12.8. The van der Waals surface area contributed by atoms with Gasteiger partial charge in [0.2, 0.25) is 10.0 Å². The third-order valence-electron chi connectivity index (χ3n) is 5.47. The minimum Gasteiger partial charge on any atom is -0.260 e. The lowest BCUT2D eigenvalue weighted by Crippen LogP contribution is -2.38. The van der Waals surface area contributed by atoms with Crippen LogP contribution in [-0.2, 0) is 10.0 Å². The van der Waals surface area contributed by atoms with Crippen LogP contribution in [0.4, 0.5) is 0 Å². The van der Waals surface area contributed by atoms with E-state index in [-0.39, 0.29) is 10.8 Å². The summed E-state index contributed by atoms with van der Waals surface area (Å²) in [5.74, 6) is 0.279. The molecule has 1 aliphatic heterocycles. The van der Waals surface area contributed by atoms with Gasteiger partial charge in [0.15, 0.2) is 0 Å². The average Bonchev–Trinajstić information content (AvgIpc) is 2.69. The van der Waals surface area contributed by atoms with Crippen molar-refractivity contribution in [2.24, 2.45) is 0 Å². The van der Waals surface area contributed by atoms with Crippen molar-refractivity contribution in [1.82, 2.24) is 9.29 Å². The number of hydrogen-bond donors (Lipinski definition) is 0. The maximum atomic E-state index is 12.4. The third-order valence-corrected chi connectivity index (χ3v) is 7.35. The fourth-order valence-electron chi connectivity index (χ4n) is 3.53. The Kier molecular flexibility index (Phi) is 5.63. The van der Waals surface area contributed by atoms with Gasteiger partial charge in [0, 0.05) is 36.5 Å². The Morgan fingerprint density at radius 3 is 2.48 bits per heavy atom. The van der Waals surface area contributed by atoms with E-state index >= 15 is 0 Å². The van der Waals surface area contributed by atoms with Crippen LogP contribution in [0, 0.1) is 13.8 Å². The van der Waals surface area contributed by atoms with E-state index in [0.717, 1.165) is 24.1 Å². The van der Waals surface area contributed by atoms with Crippen LogP contribution in [0.3, 0.4) is 0 Å². The van der Waals surface area contributed by atoms with E-state index in [1.165, 1.54) is 27.1 Å². The summed E-state index contributed by atoms with van der Waals surface area (Å²) in [7, 11) is -3.47. The molecule has 0 N–H and O–H groups in total. The first kappa shape index (κ1) is 19.5. The van der Waals surface area contributed by atoms with E-state index in [2.05, 4.69) is 62.3 Å². The van der Waals surface area contributed by atoms with Crippen molar-refractivity contribution >= 4 is 10.0 Å². The summed E-state index contributed by atoms with van der Waals surface area (Å²) in [5.41, 5.74) is 5.89. The van der Waals surface area contributed by atoms with Gasteiger partial charge in [0.25, 0.3) is 0 Å². The molecule has 0 unspecified atom stereocenters. The lowest BCUT2D eigenvalue weighted by atomic mass is 9.93. The quantitative estimate of drug-likeness (QED) is 0.712. The summed E-state index contributed by atoms with van der Waals surface area (Å²) in [6, 6.07) is 10.5. The van der Waals surface area contributed by atoms with Crippen molar-refractivity contribution in [1.29, 1.82) is 0 Å². The molecule has 0 atom stereocenters. The molecule has 0 saturated carbocycles. The van der Waals surface area contributed by atoms with Crippen molar-refractivity contribution in [3.05, 3.63) is 77.5 Å². The second-order valence-electron chi connectivity index (χ2n) is 7.07. The number of allylic oxidation sites excluding steroid dienone is 1. The second-order valence-corrected chi connectivity index (χ2v) is 9.06. The zero-order valence-corrected chi connectivity index (χ0v) is 16.8.